The molecule has 0 spiro atoms. The standard InChI is InChI=1S/C20H26N4O/c1-2-24-12-11-16(15-24)14-22-20(21)23-17-7-6-10-19(13-17)25-18-8-4-3-5-9-18/h3-10,13,16H,2,11-12,14-15H2,1H3,(H3,21,22,23). The Hall–Kier alpha value is -2.53. The van der Waals surface area contributed by atoms with E-state index in [0.29, 0.717) is 11.9 Å². The van der Waals surface area contributed by atoms with Gasteiger partial charge in [0.15, 0.2) is 5.96 Å². The number of para-hydroxylation sites is 1. The predicted molar refractivity (Wildman–Crippen MR) is 103 cm³/mol. The molecule has 5 nitrogen and oxygen atoms in total. The quantitative estimate of drug-likeness (QED) is 0.624. The van der Waals surface area contributed by atoms with E-state index < -0.39 is 0 Å². The van der Waals surface area contributed by atoms with Crippen LogP contribution >= 0.6 is 0 Å². The fourth-order valence-electron chi connectivity index (χ4n) is 3.03. The highest BCUT2D eigenvalue weighted by atomic mass is 16.5. The lowest BCUT2D eigenvalue weighted by Gasteiger charge is -2.12. The van der Waals surface area contributed by atoms with Crippen molar-refractivity contribution in [2.24, 2.45) is 16.6 Å². The van der Waals surface area contributed by atoms with Crippen molar-refractivity contribution in [1.29, 1.82) is 0 Å². The van der Waals surface area contributed by atoms with Gasteiger partial charge in [0.1, 0.15) is 11.5 Å². The molecule has 1 atom stereocenters. The zero-order valence-electron chi connectivity index (χ0n) is 14.7. The number of hydrogen-bond acceptors (Lipinski definition) is 3. The molecule has 25 heavy (non-hydrogen) atoms. The average molecular weight is 338 g/mol. The number of nitrogens with two attached hydrogens (primary N) is 1. The van der Waals surface area contributed by atoms with Crippen LogP contribution in [0.25, 0.3) is 0 Å². The van der Waals surface area contributed by atoms with Crippen LogP contribution in [0.2, 0.25) is 0 Å². The summed E-state index contributed by atoms with van der Waals surface area (Å²) >= 11 is 0. The second kappa shape index (κ2) is 8.53. The SMILES string of the molecule is CCN1CCC(CN=C(N)Nc2cccc(Oc3ccccc3)c2)C1. The second-order valence-electron chi connectivity index (χ2n) is 6.34. The van der Waals surface area contributed by atoms with Crippen LogP contribution in [0.4, 0.5) is 5.69 Å². The van der Waals surface area contributed by atoms with E-state index in [9.17, 15) is 0 Å². The molecule has 2 aromatic rings. The van der Waals surface area contributed by atoms with E-state index in [1.165, 1.54) is 13.0 Å². The molecule has 1 unspecified atom stereocenters. The summed E-state index contributed by atoms with van der Waals surface area (Å²) in [7, 11) is 0. The Balaban J connectivity index is 1.55. The molecule has 132 valence electrons. The molecule has 1 saturated heterocycles. The lowest BCUT2D eigenvalue weighted by atomic mass is 10.1. The minimum Gasteiger partial charge on any atom is -0.457 e. The number of rotatable bonds is 6. The van der Waals surface area contributed by atoms with Gasteiger partial charge in [-0.15, -0.1) is 0 Å². The number of nitrogens with zero attached hydrogens (tertiary/aromatic N) is 2. The summed E-state index contributed by atoms with van der Waals surface area (Å²) in [5, 5.41) is 3.15. The molecule has 1 aliphatic heterocycles. The zero-order valence-corrected chi connectivity index (χ0v) is 14.7. The van der Waals surface area contributed by atoms with Gasteiger partial charge < -0.3 is 20.7 Å². The molecule has 0 aromatic heterocycles. The van der Waals surface area contributed by atoms with E-state index in [4.69, 9.17) is 10.5 Å². The van der Waals surface area contributed by atoms with E-state index >= 15 is 0 Å². The molecule has 1 heterocycles. The Labute approximate surface area is 149 Å². The molecular formula is C20H26N4O. The summed E-state index contributed by atoms with van der Waals surface area (Å²) < 4.78 is 5.84. The summed E-state index contributed by atoms with van der Waals surface area (Å²) in [5.41, 5.74) is 6.91. The Kier molecular flexibility index (Phi) is 5.90. The van der Waals surface area contributed by atoms with Crippen molar-refractivity contribution in [3.63, 3.8) is 0 Å². The molecule has 0 amide bonds. The first-order chi connectivity index (χ1) is 12.2. The van der Waals surface area contributed by atoms with Crippen molar-refractivity contribution in [2.45, 2.75) is 13.3 Å². The molecule has 1 fully saturated rings. The molecule has 0 bridgehead atoms. The first kappa shape index (κ1) is 17.3. The number of hydrogen-bond donors (Lipinski definition) is 2. The van der Waals surface area contributed by atoms with Crippen LogP contribution in [0.3, 0.4) is 0 Å². The van der Waals surface area contributed by atoms with Gasteiger partial charge in [0.2, 0.25) is 0 Å². The Morgan fingerprint density at radius 1 is 1.20 bits per heavy atom. The van der Waals surface area contributed by atoms with E-state index in [1.807, 2.05) is 54.6 Å². The minimum absolute atomic E-state index is 0.451. The molecular weight excluding hydrogens is 312 g/mol. The van der Waals surface area contributed by atoms with Gasteiger partial charge in [0.05, 0.1) is 0 Å². The van der Waals surface area contributed by atoms with E-state index in [-0.39, 0.29) is 0 Å². The van der Waals surface area contributed by atoms with E-state index in [1.54, 1.807) is 0 Å². The number of benzene rings is 2. The third kappa shape index (κ3) is 5.22. The fourth-order valence-corrected chi connectivity index (χ4v) is 3.03. The third-order valence-electron chi connectivity index (χ3n) is 4.42. The van der Waals surface area contributed by atoms with Crippen LogP contribution in [0.15, 0.2) is 59.6 Å². The summed E-state index contributed by atoms with van der Waals surface area (Å²) in [6, 6.07) is 17.4. The van der Waals surface area contributed by atoms with Gasteiger partial charge in [-0.25, -0.2) is 0 Å². The average Bonchev–Trinajstić information content (AvgIpc) is 3.09. The topological polar surface area (TPSA) is 62.9 Å². The van der Waals surface area contributed by atoms with E-state index in [0.717, 1.165) is 36.8 Å². The maximum Gasteiger partial charge on any atom is 0.193 e. The van der Waals surface area contributed by atoms with Crippen molar-refractivity contribution < 1.29 is 4.74 Å². The molecule has 2 aromatic carbocycles. The Bertz CT molecular complexity index is 702. The normalized spacial score (nSPS) is 18.3. The fraction of sp³-hybridized carbons (Fsp3) is 0.350. The smallest absolute Gasteiger partial charge is 0.193 e. The lowest BCUT2D eigenvalue weighted by molar-refractivity contribution is 0.344. The minimum atomic E-state index is 0.451. The van der Waals surface area contributed by atoms with Crippen molar-refractivity contribution in [3.8, 4) is 11.5 Å². The van der Waals surface area contributed by atoms with E-state index in [2.05, 4.69) is 22.1 Å². The number of anilines is 1. The molecule has 0 aliphatic carbocycles. The number of ether oxygens (including phenoxy) is 1. The van der Waals surface area contributed by atoms with Crippen molar-refractivity contribution >= 4 is 11.6 Å². The summed E-state index contributed by atoms with van der Waals surface area (Å²) in [6.45, 7) is 6.38. The third-order valence-corrected chi connectivity index (χ3v) is 4.42. The van der Waals surface area contributed by atoms with Gasteiger partial charge in [-0.3, -0.25) is 4.99 Å². The Morgan fingerprint density at radius 2 is 2.00 bits per heavy atom. The lowest BCUT2D eigenvalue weighted by Crippen LogP contribution is -2.25. The molecule has 1 aliphatic rings. The highest BCUT2D eigenvalue weighted by Crippen LogP contribution is 2.23. The van der Waals surface area contributed by atoms with Gasteiger partial charge in [0.25, 0.3) is 0 Å². The molecule has 0 radical (unpaired) electrons. The summed E-state index contributed by atoms with van der Waals surface area (Å²) in [4.78, 5) is 6.95. The predicted octanol–water partition coefficient (Wildman–Crippen LogP) is 3.55. The van der Waals surface area contributed by atoms with Gasteiger partial charge in [-0.2, -0.15) is 0 Å². The number of aliphatic imine (C=N–C) groups is 1. The number of guanidine groups is 1. The van der Waals surface area contributed by atoms with Crippen LogP contribution in [0.1, 0.15) is 13.3 Å². The highest BCUT2D eigenvalue weighted by Gasteiger charge is 2.20. The van der Waals surface area contributed by atoms with Crippen LogP contribution < -0.4 is 15.8 Å². The number of nitrogens with one attached hydrogen (secondary N) is 1. The van der Waals surface area contributed by atoms with Crippen LogP contribution in [0.5, 0.6) is 11.5 Å². The molecule has 0 saturated carbocycles. The zero-order chi connectivity index (χ0) is 17.5. The van der Waals surface area contributed by atoms with Crippen molar-refractivity contribution in [1.82, 2.24) is 4.90 Å². The Morgan fingerprint density at radius 3 is 2.76 bits per heavy atom. The second-order valence-corrected chi connectivity index (χ2v) is 6.34. The molecule has 5 heteroatoms. The first-order valence-electron chi connectivity index (χ1n) is 8.85. The maximum absolute atomic E-state index is 6.04. The first-order valence-corrected chi connectivity index (χ1v) is 8.85. The van der Waals surface area contributed by atoms with Crippen LogP contribution in [-0.4, -0.2) is 37.0 Å². The monoisotopic (exact) mass is 338 g/mol. The van der Waals surface area contributed by atoms with Crippen molar-refractivity contribution in [3.05, 3.63) is 54.6 Å². The molecule has 3 N–H and O–H groups in total. The number of likely N-dealkylation sites (tertiary alicyclic amines) is 1. The van der Waals surface area contributed by atoms with Gasteiger partial charge in [0, 0.05) is 24.8 Å². The van der Waals surface area contributed by atoms with Crippen LogP contribution in [0, 0.1) is 5.92 Å². The van der Waals surface area contributed by atoms with Crippen LogP contribution in [-0.2, 0) is 0 Å². The van der Waals surface area contributed by atoms with Crippen molar-refractivity contribution in [2.75, 3.05) is 31.5 Å². The maximum atomic E-state index is 6.04. The van der Waals surface area contributed by atoms with Gasteiger partial charge in [-0.05, 0) is 49.7 Å². The van der Waals surface area contributed by atoms with Gasteiger partial charge in [-0.1, -0.05) is 31.2 Å². The summed E-state index contributed by atoms with van der Waals surface area (Å²) in [6.07, 6.45) is 1.20. The molecule has 3 rings (SSSR count). The highest BCUT2D eigenvalue weighted by molar-refractivity contribution is 5.92. The summed E-state index contributed by atoms with van der Waals surface area (Å²) in [5.74, 6) is 2.63. The van der Waals surface area contributed by atoms with Gasteiger partial charge >= 0.3 is 0 Å². The largest absolute Gasteiger partial charge is 0.457 e.